The number of halogens is 2. The van der Waals surface area contributed by atoms with Crippen LogP contribution in [-0.4, -0.2) is 51.5 Å². The molecule has 2 aromatic heterocycles. The third-order valence-corrected chi connectivity index (χ3v) is 4.76. The fraction of sp³-hybridized carbons (Fsp3) is 0.389. The number of nitrogens with one attached hydrogen (secondary N) is 1. The summed E-state index contributed by atoms with van der Waals surface area (Å²) in [4.78, 5) is 6.83. The first-order valence-corrected chi connectivity index (χ1v) is 8.75. The van der Waals surface area contributed by atoms with E-state index >= 15 is 0 Å². The van der Waals surface area contributed by atoms with E-state index in [0.29, 0.717) is 11.7 Å². The molecule has 0 aliphatic carbocycles. The summed E-state index contributed by atoms with van der Waals surface area (Å²) in [6, 6.07) is 6.35. The minimum Gasteiger partial charge on any atom is -0.334 e. The summed E-state index contributed by atoms with van der Waals surface area (Å²) < 4.78 is 20.5. The van der Waals surface area contributed by atoms with Crippen molar-refractivity contribution in [1.29, 1.82) is 0 Å². The van der Waals surface area contributed by atoms with Crippen molar-refractivity contribution in [2.24, 2.45) is 0 Å². The fourth-order valence-corrected chi connectivity index (χ4v) is 3.27. The van der Waals surface area contributed by atoms with Crippen molar-refractivity contribution in [1.82, 2.24) is 30.1 Å². The lowest BCUT2D eigenvalue weighted by Crippen LogP contribution is -2.44. The predicted octanol–water partition coefficient (Wildman–Crippen LogP) is 2.62. The summed E-state index contributed by atoms with van der Waals surface area (Å²) in [6.07, 6.45) is 2.46. The molecular formula is C18H22ClFN6O. The van der Waals surface area contributed by atoms with Gasteiger partial charge in [0.05, 0.1) is 29.2 Å². The topological polar surface area (TPSA) is 72.0 Å². The Kier molecular flexibility index (Phi) is 5.88. The molecule has 144 valence electrons. The van der Waals surface area contributed by atoms with Gasteiger partial charge in [0, 0.05) is 19.6 Å². The first-order valence-electron chi connectivity index (χ1n) is 8.75. The maximum absolute atomic E-state index is 13.2. The van der Waals surface area contributed by atoms with Gasteiger partial charge < -0.3 is 9.84 Å². The van der Waals surface area contributed by atoms with Gasteiger partial charge in [0.15, 0.2) is 5.82 Å². The maximum Gasteiger partial charge on any atom is 0.261 e. The molecule has 3 heterocycles. The standard InChI is InChI=1S/C18H21FN6O.ClH/c1-3-15-14(10-21-25(15)13-6-4-12(19)5-7-13)18-22-17(23-26-18)16-11-20-8-9-24(16)2;/h4-7,10,16,20H,3,8-9,11H2,1-2H3;1H. The van der Waals surface area contributed by atoms with Crippen LogP contribution in [0.15, 0.2) is 35.0 Å². The summed E-state index contributed by atoms with van der Waals surface area (Å²) >= 11 is 0. The molecule has 3 aromatic rings. The molecule has 1 aromatic carbocycles. The molecular weight excluding hydrogens is 371 g/mol. The van der Waals surface area contributed by atoms with Crippen molar-refractivity contribution < 1.29 is 8.91 Å². The Morgan fingerprint density at radius 2 is 2.07 bits per heavy atom. The van der Waals surface area contributed by atoms with Gasteiger partial charge in [-0.1, -0.05) is 12.1 Å². The summed E-state index contributed by atoms with van der Waals surface area (Å²) in [5.41, 5.74) is 2.55. The molecule has 1 atom stereocenters. The smallest absolute Gasteiger partial charge is 0.261 e. The van der Waals surface area contributed by atoms with Gasteiger partial charge in [0.1, 0.15) is 5.82 Å². The molecule has 1 aliphatic rings. The van der Waals surface area contributed by atoms with Crippen LogP contribution in [0.3, 0.4) is 0 Å². The first-order chi connectivity index (χ1) is 12.7. The van der Waals surface area contributed by atoms with E-state index in [2.05, 4.69) is 32.5 Å². The molecule has 0 spiro atoms. The summed E-state index contributed by atoms with van der Waals surface area (Å²) in [6.45, 7) is 4.74. The molecule has 0 amide bonds. The number of rotatable bonds is 4. The molecule has 7 nitrogen and oxygen atoms in total. The average molecular weight is 393 g/mol. The van der Waals surface area contributed by atoms with Gasteiger partial charge in [-0.2, -0.15) is 10.1 Å². The van der Waals surface area contributed by atoms with E-state index in [4.69, 9.17) is 4.52 Å². The van der Waals surface area contributed by atoms with Crippen LogP contribution in [0.25, 0.3) is 17.1 Å². The van der Waals surface area contributed by atoms with Crippen LogP contribution in [0.2, 0.25) is 0 Å². The van der Waals surface area contributed by atoms with Crippen LogP contribution in [0.1, 0.15) is 24.5 Å². The monoisotopic (exact) mass is 392 g/mol. The zero-order valence-electron chi connectivity index (χ0n) is 15.2. The molecule has 27 heavy (non-hydrogen) atoms. The molecule has 1 aliphatic heterocycles. The Morgan fingerprint density at radius 1 is 1.30 bits per heavy atom. The normalized spacial score (nSPS) is 17.7. The van der Waals surface area contributed by atoms with E-state index in [1.165, 1.54) is 12.1 Å². The number of hydrogen-bond donors (Lipinski definition) is 1. The van der Waals surface area contributed by atoms with Crippen molar-refractivity contribution in [3.63, 3.8) is 0 Å². The van der Waals surface area contributed by atoms with E-state index in [-0.39, 0.29) is 24.3 Å². The lowest BCUT2D eigenvalue weighted by molar-refractivity contribution is 0.190. The van der Waals surface area contributed by atoms with Crippen molar-refractivity contribution in [2.45, 2.75) is 19.4 Å². The third kappa shape index (κ3) is 3.73. The average Bonchev–Trinajstić information content (AvgIpc) is 3.29. The number of hydrogen-bond acceptors (Lipinski definition) is 6. The van der Waals surface area contributed by atoms with Gasteiger partial charge in [-0.15, -0.1) is 12.4 Å². The van der Waals surface area contributed by atoms with Gasteiger partial charge in [0.2, 0.25) is 0 Å². The molecule has 0 bridgehead atoms. The largest absolute Gasteiger partial charge is 0.334 e. The molecule has 1 saturated heterocycles. The minimum atomic E-state index is -0.272. The van der Waals surface area contributed by atoms with E-state index in [1.54, 1.807) is 23.0 Å². The number of benzene rings is 1. The van der Waals surface area contributed by atoms with Gasteiger partial charge in [0.25, 0.3) is 5.89 Å². The Balaban J connectivity index is 0.00000210. The molecule has 4 rings (SSSR count). The molecule has 1 unspecified atom stereocenters. The molecule has 1 fully saturated rings. The number of aromatic nitrogens is 4. The van der Waals surface area contributed by atoms with Crippen LogP contribution >= 0.6 is 12.4 Å². The lowest BCUT2D eigenvalue weighted by Gasteiger charge is -2.30. The van der Waals surface area contributed by atoms with Gasteiger partial charge in [-0.3, -0.25) is 4.90 Å². The van der Waals surface area contributed by atoms with Gasteiger partial charge in [-0.25, -0.2) is 9.07 Å². The highest BCUT2D eigenvalue weighted by atomic mass is 35.5. The third-order valence-electron chi connectivity index (χ3n) is 4.76. The Bertz CT molecular complexity index is 894. The van der Waals surface area contributed by atoms with Crippen molar-refractivity contribution in [3.8, 4) is 17.1 Å². The zero-order chi connectivity index (χ0) is 18.1. The fourth-order valence-electron chi connectivity index (χ4n) is 3.27. The van der Waals surface area contributed by atoms with Crippen LogP contribution < -0.4 is 5.32 Å². The number of nitrogens with zero attached hydrogens (tertiary/aromatic N) is 5. The van der Waals surface area contributed by atoms with Crippen molar-refractivity contribution in [3.05, 3.63) is 47.8 Å². The predicted molar refractivity (Wildman–Crippen MR) is 102 cm³/mol. The Morgan fingerprint density at radius 3 is 2.78 bits per heavy atom. The van der Waals surface area contributed by atoms with Crippen LogP contribution in [0.4, 0.5) is 4.39 Å². The van der Waals surface area contributed by atoms with E-state index in [0.717, 1.165) is 43.0 Å². The first kappa shape index (κ1) is 19.5. The number of likely N-dealkylation sites (N-methyl/N-ethyl adjacent to an activating group) is 1. The minimum absolute atomic E-state index is 0. The van der Waals surface area contributed by atoms with Crippen molar-refractivity contribution >= 4 is 12.4 Å². The van der Waals surface area contributed by atoms with E-state index in [1.807, 2.05) is 6.92 Å². The van der Waals surface area contributed by atoms with Crippen LogP contribution in [0.5, 0.6) is 0 Å². The Labute approximate surface area is 163 Å². The molecule has 1 N–H and O–H groups in total. The highest BCUT2D eigenvalue weighted by Gasteiger charge is 2.26. The van der Waals surface area contributed by atoms with Crippen LogP contribution in [-0.2, 0) is 6.42 Å². The van der Waals surface area contributed by atoms with Gasteiger partial charge >= 0.3 is 0 Å². The maximum atomic E-state index is 13.2. The second kappa shape index (κ2) is 8.16. The Hall–Kier alpha value is -2.29. The zero-order valence-corrected chi connectivity index (χ0v) is 16.0. The molecule has 0 saturated carbocycles. The van der Waals surface area contributed by atoms with E-state index < -0.39 is 0 Å². The highest BCUT2D eigenvalue weighted by Crippen LogP contribution is 2.27. The molecule has 9 heteroatoms. The second-order valence-corrected chi connectivity index (χ2v) is 6.40. The van der Waals surface area contributed by atoms with Crippen molar-refractivity contribution in [2.75, 3.05) is 26.7 Å². The second-order valence-electron chi connectivity index (χ2n) is 6.40. The summed E-state index contributed by atoms with van der Waals surface area (Å²) in [5.74, 6) is 0.862. The van der Waals surface area contributed by atoms with E-state index in [9.17, 15) is 4.39 Å². The summed E-state index contributed by atoms with van der Waals surface area (Å²) in [7, 11) is 2.06. The van der Waals surface area contributed by atoms with Gasteiger partial charge in [-0.05, 0) is 37.7 Å². The lowest BCUT2D eigenvalue weighted by atomic mass is 10.2. The highest BCUT2D eigenvalue weighted by molar-refractivity contribution is 5.85. The molecule has 0 radical (unpaired) electrons. The van der Waals surface area contributed by atoms with Crippen LogP contribution in [0, 0.1) is 5.82 Å². The quantitative estimate of drug-likeness (QED) is 0.735. The summed E-state index contributed by atoms with van der Waals surface area (Å²) in [5, 5.41) is 12.0. The SMILES string of the molecule is CCc1c(-c2nc(C3CNCCN3C)no2)cnn1-c1ccc(F)cc1.Cl. The number of piperazine rings is 1.